The zero-order valence-electron chi connectivity index (χ0n) is 21.3. The van der Waals surface area contributed by atoms with Crippen LogP contribution < -0.4 is 10.6 Å². The lowest BCUT2D eigenvalue weighted by molar-refractivity contribution is -0.938. The highest BCUT2D eigenvalue weighted by Gasteiger charge is 2.49. The number of carbonyl (C=O) groups excluding carboxylic acids is 3. The summed E-state index contributed by atoms with van der Waals surface area (Å²) in [7, 11) is 0. The fourth-order valence-corrected chi connectivity index (χ4v) is 6.22. The molecule has 0 saturated carbocycles. The van der Waals surface area contributed by atoms with Crippen molar-refractivity contribution in [3.05, 3.63) is 95.6 Å². The van der Waals surface area contributed by atoms with Gasteiger partial charge in [0.15, 0.2) is 12.1 Å². The van der Waals surface area contributed by atoms with Gasteiger partial charge >= 0.3 is 5.97 Å². The number of hydrogen-bond acceptors (Lipinski definition) is 5. The maximum atomic E-state index is 13.6. The number of nitrogens with one attached hydrogen (secondary N) is 2. The Bertz CT molecular complexity index is 1350. The van der Waals surface area contributed by atoms with Crippen molar-refractivity contribution in [2.45, 2.75) is 31.4 Å². The molecule has 3 aromatic rings. The third kappa shape index (κ3) is 4.94. The summed E-state index contributed by atoms with van der Waals surface area (Å²) < 4.78 is 6.87. The third-order valence-corrected chi connectivity index (χ3v) is 8.29. The molecule has 38 heavy (non-hydrogen) atoms. The average Bonchev–Trinajstić information content (AvgIpc) is 3.32. The first kappa shape index (κ1) is 24.4. The van der Waals surface area contributed by atoms with Crippen molar-refractivity contribution in [3.8, 4) is 0 Å². The Morgan fingerprint density at radius 1 is 0.974 bits per heavy atom. The van der Waals surface area contributed by atoms with Gasteiger partial charge in [-0.15, -0.1) is 0 Å². The van der Waals surface area contributed by atoms with E-state index in [1.165, 1.54) is 0 Å². The number of fused-ring (bicyclic) bond motifs is 4. The molecule has 4 aliphatic heterocycles. The Balaban J connectivity index is 1.16. The summed E-state index contributed by atoms with van der Waals surface area (Å²) in [4.78, 5) is 38.7. The maximum Gasteiger partial charge on any atom is 0.333 e. The Morgan fingerprint density at radius 2 is 1.68 bits per heavy atom. The molecule has 3 saturated heterocycles. The maximum absolute atomic E-state index is 13.6. The van der Waals surface area contributed by atoms with Crippen molar-refractivity contribution in [1.29, 1.82) is 0 Å². The third-order valence-electron chi connectivity index (χ3n) is 8.29. The molecule has 0 aliphatic carbocycles. The van der Waals surface area contributed by atoms with Crippen LogP contribution in [0.15, 0.2) is 78.9 Å². The second-order valence-corrected chi connectivity index (χ2v) is 10.8. The van der Waals surface area contributed by atoms with Gasteiger partial charge in [-0.25, -0.2) is 4.79 Å². The molecular formula is C31H32N3O4+. The van der Waals surface area contributed by atoms with E-state index in [0.717, 1.165) is 48.4 Å². The van der Waals surface area contributed by atoms with E-state index in [9.17, 15) is 14.4 Å². The number of piperidine rings is 3. The van der Waals surface area contributed by atoms with Crippen LogP contribution in [0.25, 0.3) is 0 Å². The number of hydrogen-bond donors (Lipinski definition) is 2. The lowest BCUT2D eigenvalue weighted by Crippen LogP contribution is -2.65. The molecule has 4 aliphatic rings. The number of esters is 1. The molecule has 3 fully saturated rings. The largest absolute Gasteiger partial charge is 0.454 e. The van der Waals surface area contributed by atoms with E-state index in [2.05, 4.69) is 10.6 Å². The van der Waals surface area contributed by atoms with Gasteiger partial charge in [0.05, 0.1) is 19.5 Å². The fourth-order valence-electron chi connectivity index (χ4n) is 6.22. The number of amides is 1. The lowest BCUT2D eigenvalue weighted by Gasteiger charge is -2.51. The topological polar surface area (TPSA) is 84.5 Å². The highest BCUT2D eigenvalue weighted by molar-refractivity contribution is 6.02. The second kappa shape index (κ2) is 10.1. The summed E-state index contributed by atoms with van der Waals surface area (Å²) in [5.74, 6) is 0.0635. The first-order chi connectivity index (χ1) is 18.5. The number of para-hydroxylation sites is 1. The molecule has 0 spiro atoms. The standard InChI is InChI=1S/C31H31N3O4/c35-27(23-11-12-26-24(17-23)18-29(36)33-26)19-34-15-13-21(14-16-34)28(20-34)38-31(37)30(22-7-3-1-4-8-22)32-25-9-5-2-6-10-25/h1-12,17,21,28,30,32H,13-16,18-20H2/p+1/t21?,28-,30?,34?/m0/s1. The minimum absolute atomic E-state index is 0.0372. The van der Waals surface area contributed by atoms with Gasteiger partial charge in [0.25, 0.3) is 0 Å². The number of ketones is 1. The summed E-state index contributed by atoms with van der Waals surface area (Å²) in [6.07, 6.45) is 1.98. The van der Waals surface area contributed by atoms with Crippen molar-refractivity contribution in [2.75, 3.05) is 36.8 Å². The van der Waals surface area contributed by atoms with Gasteiger partial charge in [-0.05, 0) is 41.5 Å². The van der Waals surface area contributed by atoms with Gasteiger partial charge in [-0.3, -0.25) is 9.59 Å². The van der Waals surface area contributed by atoms with E-state index in [1.54, 1.807) is 6.07 Å². The van der Waals surface area contributed by atoms with Gasteiger partial charge in [0.2, 0.25) is 11.7 Å². The molecule has 4 heterocycles. The minimum atomic E-state index is -0.619. The number of rotatable bonds is 8. The normalized spacial score (nSPS) is 24.3. The Kier molecular flexibility index (Phi) is 6.45. The van der Waals surface area contributed by atoms with Crippen LogP contribution in [0.5, 0.6) is 0 Å². The molecule has 2 atom stereocenters. The molecule has 1 amide bonds. The molecule has 7 rings (SSSR count). The zero-order chi connectivity index (χ0) is 26.1. The SMILES string of the molecule is O=C1Cc2cc(C(=O)C[N+]34CCC(CC3)[C@@H](OC(=O)C(Nc3ccccc3)c3ccccc3)C4)ccc2N1. The number of benzene rings is 3. The molecule has 0 aromatic heterocycles. The highest BCUT2D eigenvalue weighted by Crippen LogP contribution is 2.37. The Hall–Kier alpha value is -3.97. The van der Waals surface area contributed by atoms with E-state index in [1.807, 2.05) is 72.8 Å². The zero-order valence-corrected chi connectivity index (χ0v) is 21.3. The second-order valence-electron chi connectivity index (χ2n) is 10.8. The number of nitrogens with zero attached hydrogens (tertiary/aromatic N) is 1. The van der Waals surface area contributed by atoms with E-state index in [4.69, 9.17) is 4.74 Å². The quantitative estimate of drug-likeness (QED) is 0.267. The average molecular weight is 511 g/mol. The molecule has 194 valence electrons. The number of quaternary nitrogens is 1. The molecule has 2 N–H and O–H groups in total. The minimum Gasteiger partial charge on any atom is -0.454 e. The number of Topliss-reactive ketones (excluding diaryl/α,β-unsaturated/α-hetero) is 1. The summed E-state index contributed by atoms with van der Waals surface area (Å²) in [5.41, 5.74) is 4.02. The van der Waals surface area contributed by atoms with Crippen LogP contribution in [0.3, 0.4) is 0 Å². The monoisotopic (exact) mass is 510 g/mol. The molecule has 1 unspecified atom stereocenters. The number of carbonyl (C=O) groups is 3. The first-order valence-corrected chi connectivity index (χ1v) is 13.4. The predicted octanol–water partition coefficient (Wildman–Crippen LogP) is 4.37. The van der Waals surface area contributed by atoms with Gasteiger partial charge in [0.1, 0.15) is 13.1 Å². The smallest absolute Gasteiger partial charge is 0.333 e. The van der Waals surface area contributed by atoms with Crippen molar-refractivity contribution < 1.29 is 23.6 Å². The first-order valence-electron chi connectivity index (χ1n) is 13.4. The van der Waals surface area contributed by atoms with Crippen LogP contribution in [-0.2, 0) is 20.7 Å². The van der Waals surface area contributed by atoms with Crippen molar-refractivity contribution in [3.63, 3.8) is 0 Å². The van der Waals surface area contributed by atoms with Crippen LogP contribution in [0.2, 0.25) is 0 Å². The highest BCUT2D eigenvalue weighted by atomic mass is 16.5. The number of anilines is 2. The lowest BCUT2D eigenvalue weighted by atomic mass is 9.82. The summed E-state index contributed by atoms with van der Waals surface area (Å²) >= 11 is 0. The summed E-state index contributed by atoms with van der Waals surface area (Å²) in [6, 6.07) is 24.2. The van der Waals surface area contributed by atoms with Crippen LogP contribution in [0.1, 0.15) is 40.4 Å². The van der Waals surface area contributed by atoms with Gasteiger partial charge in [0, 0.05) is 35.7 Å². The van der Waals surface area contributed by atoms with Crippen molar-refractivity contribution >= 4 is 29.0 Å². The van der Waals surface area contributed by atoms with Crippen LogP contribution in [-0.4, -0.2) is 54.4 Å². The summed E-state index contributed by atoms with van der Waals surface area (Å²) in [6.45, 7) is 2.87. The van der Waals surface area contributed by atoms with Crippen LogP contribution in [0.4, 0.5) is 11.4 Å². The Morgan fingerprint density at radius 3 is 2.42 bits per heavy atom. The van der Waals surface area contributed by atoms with E-state index >= 15 is 0 Å². The van der Waals surface area contributed by atoms with E-state index < -0.39 is 6.04 Å². The van der Waals surface area contributed by atoms with Crippen molar-refractivity contribution in [1.82, 2.24) is 0 Å². The van der Waals surface area contributed by atoms with E-state index in [-0.39, 0.29) is 23.8 Å². The molecular weight excluding hydrogens is 478 g/mol. The van der Waals surface area contributed by atoms with Gasteiger partial charge in [-0.1, -0.05) is 48.5 Å². The van der Waals surface area contributed by atoms with Crippen LogP contribution in [0, 0.1) is 5.92 Å². The van der Waals surface area contributed by atoms with Gasteiger partial charge < -0.3 is 19.9 Å². The van der Waals surface area contributed by atoms with Gasteiger partial charge in [-0.2, -0.15) is 0 Å². The molecule has 7 heteroatoms. The molecule has 7 nitrogen and oxygen atoms in total. The fraction of sp³-hybridized carbons (Fsp3) is 0.323. The molecule has 3 aromatic carbocycles. The van der Waals surface area contributed by atoms with Crippen molar-refractivity contribution in [2.24, 2.45) is 5.92 Å². The Labute approximate surface area is 222 Å². The van der Waals surface area contributed by atoms with E-state index in [0.29, 0.717) is 35.5 Å². The molecule has 0 radical (unpaired) electrons. The number of ether oxygens (including phenoxy) is 1. The summed E-state index contributed by atoms with van der Waals surface area (Å²) in [5, 5.41) is 6.17. The van der Waals surface area contributed by atoms with Crippen LogP contribution >= 0.6 is 0 Å². The molecule has 2 bridgehead atoms. The predicted molar refractivity (Wildman–Crippen MR) is 145 cm³/mol.